The highest BCUT2D eigenvalue weighted by atomic mass is 16.7. The van der Waals surface area contributed by atoms with Gasteiger partial charge in [-0.05, 0) is 58.1 Å². The lowest BCUT2D eigenvalue weighted by molar-refractivity contribution is -0.137. The molecule has 1 aromatic rings. The van der Waals surface area contributed by atoms with E-state index in [9.17, 15) is 4.79 Å². The molecule has 1 aliphatic rings. The molecule has 0 spiro atoms. The van der Waals surface area contributed by atoms with Crippen molar-refractivity contribution in [1.29, 1.82) is 0 Å². The van der Waals surface area contributed by atoms with Crippen LogP contribution in [0.15, 0.2) is 30.3 Å². The van der Waals surface area contributed by atoms with Gasteiger partial charge in [-0.15, -0.1) is 0 Å². The third kappa shape index (κ3) is 3.67. The van der Waals surface area contributed by atoms with Crippen molar-refractivity contribution in [1.82, 2.24) is 0 Å². The maximum Gasteiger partial charge on any atom is 0.495 e. The van der Waals surface area contributed by atoms with Crippen LogP contribution in [0.25, 0.3) is 5.47 Å². The number of ether oxygens (including phenoxy) is 1. The van der Waals surface area contributed by atoms with Gasteiger partial charge in [0.15, 0.2) is 0 Å². The number of hydrogen-bond acceptors (Lipinski definition) is 4. The summed E-state index contributed by atoms with van der Waals surface area (Å²) in [7, 11) is -0.606. The van der Waals surface area contributed by atoms with E-state index in [1.165, 1.54) is 6.08 Å². The van der Waals surface area contributed by atoms with Gasteiger partial charge in [0, 0.05) is 6.08 Å². The van der Waals surface area contributed by atoms with Crippen molar-refractivity contribution in [2.75, 3.05) is 6.61 Å². The highest BCUT2D eigenvalue weighted by Gasteiger charge is 2.52. The molecule has 0 atom stereocenters. The van der Waals surface area contributed by atoms with Crippen LogP contribution < -0.4 is 0 Å². The number of esters is 1. The zero-order chi connectivity index (χ0) is 17.3. The Hall–Kier alpha value is -1.59. The smallest absolute Gasteiger partial charge is 0.463 e. The molecule has 0 bridgehead atoms. The van der Waals surface area contributed by atoms with Crippen molar-refractivity contribution in [2.45, 2.75) is 52.7 Å². The number of carbonyl (C=O) groups is 1. The lowest BCUT2D eigenvalue weighted by atomic mass is 9.72. The first kappa shape index (κ1) is 17.8. The van der Waals surface area contributed by atoms with Crippen molar-refractivity contribution >= 4 is 18.6 Å². The Labute approximate surface area is 139 Å². The molecule has 2 rings (SSSR count). The standard InChI is InChI=1S/C18H25BO4/c1-7-21-16(20)12-15(14-11-9-8-10-13(14)2)19-22-17(3,4)18(5,6)23-19/h8-12H,7H2,1-6H3/b15-12-. The van der Waals surface area contributed by atoms with Crippen LogP contribution in [-0.2, 0) is 18.8 Å². The minimum atomic E-state index is -0.606. The zero-order valence-electron chi connectivity index (χ0n) is 14.8. The SMILES string of the molecule is CCOC(=O)/C=C(\B1OC(C)(C)C(C)(C)O1)c1ccccc1C. The van der Waals surface area contributed by atoms with Crippen molar-refractivity contribution in [3.05, 3.63) is 41.5 Å². The van der Waals surface area contributed by atoms with E-state index in [2.05, 4.69) is 0 Å². The topological polar surface area (TPSA) is 44.8 Å². The van der Waals surface area contributed by atoms with Gasteiger partial charge in [-0.25, -0.2) is 4.79 Å². The first-order valence-electron chi connectivity index (χ1n) is 7.98. The van der Waals surface area contributed by atoms with Crippen LogP contribution in [0.4, 0.5) is 0 Å². The van der Waals surface area contributed by atoms with Gasteiger partial charge >= 0.3 is 13.1 Å². The van der Waals surface area contributed by atoms with Gasteiger partial charge in [0.05, 0.1) is 17.8 Å². The molecule has 124 valence electrons. The number of hydrogen-bond donors (Lipinski definition) is 0. The largest absolute Gasteiger partial charge is 0.495 e. The summed E-state index contributed by atoms with van der Waals surface area (Å²) in [5.41, 5.74) is 1.75. The second-order valence-corrected chi connectivity index (χ2v) is 6.75. The van der Waals surface area contributed by atoms with Gasteiger partial charge in [0.2, 0.25) is 0 Å². The number of rotatable bonds is 4. The molecule has 0 amide bonds. The fourth-order valence-electron chi connectivity index (χ4n) is 2.45. The number of aryl methyl sites for hydroxylation is 1. The molecule has 1 aliphatic heterocycles. The van der Waals surface area contributed by atoms with Crippen LogP contribution in [0.1, 0.15) is 45.7 Å². The molecular weight excluding hydrogens is 291 g/mol. The van der Waals surface area contributed by atoms with Gasteiger partial charge < -0.3 is 14.0 Å². The first-order valence-corrected chi connectivity index (χ1v) is 7.98. The van der Waals surface area contributed by atoms with E-state index >= 15 is 0 Å². The fourth-order valence-corrected chi connectivity index (χ4v) is 2.45. The maximum atomic E-state index is 12.0. The van der Waals surface area contributed by atoms with E-state index in [1.54, 1.807) is 6.92 Å². The molecule has 0 radical (unpaired) electrons. The summed E-state index contributed by atoms with van der Waals surface area (Å²) in [6, 6.07) is 7.86. The molecule has 23 heavy (non-hydrogen) atoms. The van der Waals surface area contributed by atoms with Crippen molar-refractivity contribution in [3.8, 4) is 0 Å². The summed E-state index contributed by atoms with van der Waals surface area (Å²) in [5, 5.41) is 0. The second kappa shape index (κ2) is 6.50. The Morgan fingerprint density at radius 2 is 1.74 bits per heavy atom. The summed E-state index contributed by atoms with van der Waals surface area (Å²) in [6.45, 7) is 12.1. The quantitative estimate of drug-likeness (QED) is 0.484. The first-order chi connectivity index (χ1) is 10.7. The van der Waals surface area contributed by atoms with Crippen LogP contribution in [0.2, 0.25) is 0 Å². The van der Waals surface area contributed by atoms with E-state index in [1.807, 2.05) is 58.9 Å². The van der Waals surface area contributed by atoms with Gasteiger partial charge in [-0.1, -0.05) is 24.3 Å². The summed E-state index contributed by atoms with van der Waals surface area (Å²) in [5.74, 6) is -0.388. The Balaban J connectivity index is 2.44. The monoisotopic (exact) mass is 316 g/mol. The third-order valence-corrected chi connectivity index (χ3v) is 4.52. The van der Waals surface area contributed by atoms with Crippen LogP contribution >= 0.6 is 0 Å². The Morgan fingerprint density at radius 1 is 1.17 bits per heavy atom. The normalized spacial score (nSPS) is 19.7. The van der Waals surface area contributed by atoms with Gasteiger partial charge in [-0.2, -0.15) is 0 Å². The van der Waals surface area contributed by atoms with Crippen LogP contribution in [0.5, 0.6) is 0 Å². The molecule has 1 aromatic carbocycles. The van der Waals surface area contributed by atoms with E-state index in [0.29, 0.717) is 12.1 Å². The Bertz CT molecular complexity index is 603. The lowest BCUT2D eigenvalue weighted by Crippen LogP contribution is -2.41. The van der Waals surface area contributed by atoms with Crippen molar-refractivity contribution in [3.63, 3.8) is 0 Å². The van der Waals surface area contributed by atoms with Gasteiger partial charge in [0.1, 0.15) is 0 Å². The number of carbonyl (C=O) groups excluding carboxylic acids is 1. The average molecular weight is 316 g/mol. The molecular formula is C18H25BO4. The molecule has 1 fully saturated rings. The Morgan fingerprint density at radius 3 is 2.26 bits per heavy atom. The lowest BCUT2D eigenvalue weighted by Gasteiger charge is -2.32. The predicted octanol–water partition coefficient (Wildman–Crippen LogP) is 3.57. The van der Waals surface area contributed by atoms with Gasteiger partial charge in [-0.3, -0.25) is 0 Å². The molecule has 4 nitrogen and oxygen atoms in total. The van der Waals surface area contributed by atoms with Crippen LogP contribution in [0.3, 0.4) is 0 Å². The molecule has 0 saturated carbocycles. The highest BCUT2D eigenvalue weighted by molar-refractivity contribution is 6.69. The van der Waals surface area contributed by atoms with Crippen molar-refractivity contribution in [2.24, 2.45) is 0 Å². The third-order valence-electron chi connectivity index (χ3n) is 4.52. The summed E-state index contributed by atoms with van der Waals surface area (Å²) >= 11 is 0. The Kier molecular flexibility index (Phi) is 5.02. The van der Waals surface area contributed by atoms with E-state index in [4.69, 9.17) is 14.0 Å². The van der Waals surface area contributed by atoms with Crippen LogP contribution in [0, 0.1) is 6.92 Å². The summed E-state index contributed by atoms with van der Waals surface area (Å²) in [6.07, 6.45) is 1.48. The van der Waals surface area contributed by atoms with Gasteiger partial charge in [0.25, 0.3) is 0 Å². The zero-order valence-corrected chi connectivity index (χ0v) is 14.8. The molecule has 1 saturated heterocycles. The molecule has 5 heteroatoms. The van der Waals surface area contributed by atoms with E-state index in [-0.39, 0.29) is 5.97 Å². The number of benzene rings is 1. The van der Waals surface area contributed by atoms with Crippen molar-refractivity contribution < 1.29 is 18.8 Å². The summed E-state index contributed by atoms with van der Waals surface area (Å²) in [4.78, 5) is 12.0. The summed E-state index contributed by atoms with van der Waals surface area (Å²) < 4.78 is 17.3. The average Bonchev–Trinajstić information content (AvgIpc) is 2.66. The molecule has 0 aromatic heterocycles. The second-order valence-electron chi connectivity index (χ2n) is 6.75. The minimum Gasteiger partial charge on any atom is -0.463 e. The molecule has 0 N–H and O–H groups in total. The highest BCUT2D eigenvalue weighted by Crippen LogP contribution is 2.40. The van der Waals surface area contributed by atoms with Crippen LogP contribution in [-0.4, -0.2) is 30.9 Å². The maximum absolute atomic E-state index is 12.0. The minimum absolute atomic E-state index is 0.333. The predicted molar refractivity (Wildman–Crippen MR) is 91.9 cm³/mol. The van der Waals surface area contributed by atoms with E-state index < -0.39 is 18.3 Å². The fraction of sp³-hybridized carbons (Fsp3) is 0.500. The molecule has 0 aliphatic carbocycles. The molecule has 1 heterocycles. The van der Waals surface area contributed by atoms with E-state index in [0.717, 1.165) is 11.1 Å². The molecule has 0 unspecified atom stereocenters.